The molecular formula is C12H15BrN2. The third-order valence-electron chi connectivity index (χ3n) is 3.10. The monoisotopic (exact) mass is 266 g/mol. The zero-order chi connectivity index (χ0) is 10.8. The van der Waals surface area contributed by atoms with Gasteiger partial charge in [-0.15, -0.1) is 0 Å². The van der Waals surface area contributed by atoms with E-state index in [0.29, 0.717) is 11.4 Å². The van der Waals surface area contributed by atoms with Crippen LogP contribution in [0.5, 0.6) is 0 Å². The SMILES string of the molecule is N=C1C(=N)C(Br)CC/C1=C1/CC=CCC1. The second kappa shape index (κ2) is 4.44. The Morgan fingerprint density at radius 3 is 2.67 bits per heavy atom. The first-order chi connectivity index (χ1) is 7.20. The third-order valence-corrected chi connectivity index (χ3v) is 4.02. The molecule has 2 aliphatic rings. The van der Waals surface area contributed by atoms with Crippen LogP contribution < -0.4 is 0 Å². The first-order valence-electron chi connectivity index (χ1n) is 5.38. The van der Waals surface area contributed by atoms with Gasteiger partial charge in [-0.05, 0) is 37.7 Å². The lowest BCUT2D eigenvalue weighted by Crippen LogP contribution is -2.30. The standard InChI is InChI=1S/C12H15BrN2/c13-10-7-6-9(11(14)12(10)15)8-4-2-1-3-5-8/h1-2,10,14-15H,3-7H2/b9-8+,14-11?,15-12?. The van der Waals surface area contributed by atoms with E-state index < -0.39 is 0 Å². The van der Waals surface area contributed by atoms with Gasteiger partial charge in [-0.2, -0.15) is 0 Å². The molecule has 1 fully saturated rings. The van der Waals surface area contributed by atoms with Crippen LogP contribution in [0.2, 0.25) is 0 Å². The van der Waals surface area contributed by atoms with Crippen molar-refractivity contribution in [3.63, 3.8) is 0 Å². The van der Waals surface area contributed by atoms with Crippen molar-refractivity contribution >= 4 is 27.4 Å². The highest BCUT2D eigenvalue weighted by Crippen LogP contribution is 2.30. The van der Waals surface area contributed by atoms with E-state index in [1.54, 1.807) is 0 Å². The summed E-state index contributed by atoms with van der Waals surface area (Å²) in [5.74, 6) is 0. The van der Waals surface area contributed by atoms with Crippen molar-refractivity contribution in [2.45, 2.75) is 36.9 Å². The van der Waals surface area contributed by atoms with Gasteiger partial charge in [-0.25, -0.2) is 0 Å². The minimum Gasteiger partial charge on any atom is -0.302 e. The first-order valence-corrected chi connectivity index (χ1v) is 6.29. The second-order valence-electron chi connectivity index (χ2n) is 4.09. The zero-order valence-corrected chi connectivity index (χ0v) is 10.2. The maximum atomic E-state index is 7.98. The summed E-state index contributed by atoms with van der Waals surface area (Å²) in [5, 5.41) is 15.8. The molecule has 1 unspecified atom stereocenters. The van der Waals surface area contributed by atoms with Crippen LogP contribution in [0.15, 0.2) is 23.3 Å². The lowest BCUT2D eigenvalue weighted by atomic mass is 9.84. The maximum absolute atomic E-state index is 7.98. The van der Waals surface area contributed by atoms with E-state index in [1.807, 2.05) is 0 Å². The van der Waals surface area contributed by atoms with Gasteiger partial charge < -0.3 is 5.41 Å². The number of allylic oxidation sites excluding steroid dienone is 4. The normalized spacial score (nSPS) is 32.2. The van der Waals surface area contributed by atoms with Crippen LogP contribution in [0, 0.1) is 10.8 Å². The molecule has 0 aromatic carbocycles. The quantitative estimate of drug-likeness (QED) is 0.497. The molecule has 2 N–H and O–H groups in total. The van der Waals surface area contributed by atoms with E-state index in [1.165, 1.54) is 5.57 Å². The van der Waals surface area contributed by atoms with E-state index in [4.69, 9.17) is 10.8 Å². The van der Waals surface area contributed by atoms with Gasteiger partial charge in [-0.1, -0.05) is 33.7 Å². The molecule has 0 aliphatic heterocycles. The molecule has 2 rings (SSSR count). The van der Waals surface area contributed by atoms with E-state index in [0.717, 1.165) is 37.7 Å². The topological polar surface area (TPSA) is 47.7 Å². The molecule has 2 nitrogen and oxygen atoms in total. The largest absolute Gasteiger partial charge is 0.302 e. The molecule has 80 valence electrons. The fourth-order valence-electron chi connectivity index (χ4n) is 2.19. The highest BCUT2D eigenvalue weighted by Gasteiger charge is 2.26. The molecule has 1 atom stereocenters. The Bertz CT molecular complexity index is 366. The van der Waals surface area contributed by atoms with Crippen LogP contribution in [-0.4, -0.2) is 16.3 Å². The molecule has 0 aromatic heterocycles. The molecule has 0 saturated heterocycles. The average molecular weight is 267 g/mol. The fourth-order valence-corrected chi connectivity index (χ4v) is 2.65. The van der Waals surface area contributed by atoms with E-state index >= 15 is 0 Å². The molecule has 0 spiro atoms. The lowest BCUT2D eigenvalue weighted by Gasteiger charge is -2.25. The molecule has 15 heavy (non-hydrogen) atoms. The van der Waals surface area contributed by atoms with Crippen LogP contribution in [0.4, 0.5) is 0 Å². The van der Waals surface area contributed by atoms with Gasteiger partial charge in [0.1, 0.15) is 0 Å². The van der Waals surface area contributed by atoms with Gasteiger partial charge in [0, 0.05) is 0 Å². The van der Waals surface area contributed by atoms with Crippen LogP contribution in [0.25, 0.3) is 0 Å². The predicted octanol–water partition coefficient (Wildman–Crippen LogP) is 3.62. The van der Waals surface area contributed by atoms with E-state index in [9.17, 15) is 0 Å². The Kier molecular flexibility index (Phi) is 3.19. The molecule has 0 bridgehead atoms. The molecule has 0 radical (unpaired) electrons. The highest BCUT2D eigenvalue weighted by atomic mass is 79.9. The average Bonchev–Trinajstić information content (AvgIpc) is 2.27. The summed E-state index contributed by atoms with van der Waals surface area (Å²) in [7, 11) is 0. The Morgan fingerprint density at radius 2 is 2.00 bits per heavy atom. The summed E-state index contributed by atoms with van der Waals surface area (Å²) >= 11 is 3.44. The molecule has 3 heteroatoms. The molecule has 0 aromatic rings. The van der Waals surface area contributed by atoms with Gasteiger partial charge in [-0.3, -0.25) is 5.41 Å². The molecule has 0 heterocycles. The number of alkyl halides is 1. The van der Waals surface area contributed by atoms with Crippen molar-refractivity contribution < 1.29 is 0 Å². The van der Waals surface area contributed by atoms with Crippen LogP contribution in [-0.2, 0) is 0 Å². The van der Waals surface area contributed by atoms with Gasteiger partial charge in [0.2, 0.25) is 0 Å². The minimum absolute atomic E-state index is 0.0912. The summed E-state index contributed by atoms with van der Waals surface area (Å²) in [6.45, 7) is 0. The summed E-state index contributed by atoms with van der Waals surface area (Å²) in [5.41, 5.74) is 3.44. The van der Waals surface area contributed by atoms with Gasteiger partial charge in [0.15, 0.2) is 0 Å². The van der Waals surface area contributed by atoms with Crippen molar-refractivity contribution in [3.8, 4) is 0 Å². The Morgan fingerprint density at radius 1 is 1.20 bits per heavy atom. The summed E-state index contributed by atoms with van der Waals surface area (Å²) in [4.78, 5) is 0.0912. The van der Waals surface area contributed by atoms with Crippen molar-refractivity contribution in [2.75, 3.05) is 0 Å². The first kappa shape index (κ1) is 10.8. The second-order valence-corrected chi connectivity index (χ2v) is 5.20. The smallest absolute Gasteiger partial charge is 0.0790 e. The zero-order valence-electron chi connectivity index (χ0n) is 8.65. The summed E-state index contributed by atoms with van der Waals surface area (Å²) in [6, 6.07) is 0. The van der Waals surface area contributed by atoms with Crippen molar-refractivity contribution in [3.05, 3.63) is 23.3 Å². The molecule has 0 amide bonds. The number of hydrogen-bond donors (Lipinski definition) is 2. The van der Waals surface area contributed by atoms with Crippen molar-refractivity contribution in [1.29, 1.82) is 10.8 Å². The Balaban J connectivity index is 2.26. The molecule has 2 aliphatic carbocycles. The van der Waals surface area contributed by atoms with Gasteiger partial charge in [0.25, 0.3) is 0 Å². The van der Waals surface area contributed by atoms with E-state index in [-0.39, 0.29) is 4.83 Å². The molecular weight excluding hydrogens is 252 g/mol. The van der Waals surface area contributed by atoms with Gasteiger partial charge >= 0.3 is 0 Å². The molecule has 1 saturated carbocycles. The van der Waals surface area contributed by atoms with Crippen LogP contribution in [0.3, 0.4) is 0 Å². The maximum Gasteiger partial charge on any atom is 0.0790 e. The number of rotatable bonds is 0. The van der Waals surface area contributed by atoms with Crippen LogP contribution >= 0.6 is 15.9 Å². The summed E-state index contributed by atoms with van der Waals surface area (Å²) in [6.07, 6.45) is 9.46. The number of hydrogen-bond acceptors (Lipinski definition) is 2. The fraction of sp³-hybridized carbons (Fsp3) is 0.500. The highest BCUT2D eigenvalue weighted by molar-refractivity contribution is 9.10. The number of halogens is 1. The lowest BCUT2D eigenvalue weighted by molar-refractivity contribution is 0.823. The Labute approximate surface area is 98.6 Å². The number of nitrogens with one attached hydrogen (secondary N) is 2. The Hall–Kier alpha value is -0.700. The van der Waals surface area contributed by atoms with E-state index in [2.05, 4.69) is 28.1 Å². The third kappa shape index (κ3) is 2.12. The minimum atomic E-state index is 0.0912. The predicted molar refractivity (Wildman–Crippen MR) is 67.4 cm³/mol. The van der Waals surface area contributed by atoms with Gasteiger partial charge in [0.05, 0.1) is 16.3 Å². The summed E-state index contributed by atoms with van der Waals surface area (Å²) < 4.78 is 0. The van der Waals surface area contributed by atoms with Crippen molar-refractivity contribution in [2.24, 2.45) is 0 Å². The van der Waals surface area contributed by atoms with Crippen LogP contribution in [0.1, 0.15) is 32.1 Å². The van der Waals surface area contributed by atoms with Crippen molar-refractivity contribution in [1.82, 2.24) is 0 Å².